The number of nitrogens with zero attached hydrogens (tertiary/aromatic N) is 2. The Kier molecular flexibility index (Phi) is 6.01. The van der Waals surface area contributed by atoms with Gasteiger partial charge in [0, 0.05) is 49.1 Å². The van der Waals surface area contributed by atoms with Crippen LogP contribution in [0.15, 0.2) is 48.7 Å². The number of rotatable bonds is 6. The van der Waals surface area contributed by atoms with Crippen LogP contribution < -0.4 is 10.6 Å². The summed E-state index contributed by atoms with van der Waals surface area (Å²) in [6.07, 6.45) is 3.25. The van der Waals surface area contributed by atoms with E-state index in [2.05, 4.69) is 20.6 Å². The van der Waals surface area contributed by atoms with Crippen LogP contribution in [0.2, 0.25) is 0 Å². The Morgan fingerprint density at radius 2 is 1.87 bits per heavy atom. The normalized spacial score (nSPS) is 24.2. The van der Waals surface area contributed by atoms with Crippen LogP contribution in [0, 0.1) is 11.3 Å². The minimum absolute atomic E-state index is 0.0304. The van der Waals surface area contributed by atoms with Gasteiger partial charge in [-0.3, -0.25) is 14.4 Å². The Morgan fingerprint density at radius 3 is 2.58 bits per heavy atom. The third-order valence-electron chi connectivity index (χ3n) is 7.78. The highest BCUT2D eigenvalue weighted by Gasteiger charge is 2.46. The number of nitrogens with one attached hydrogen (secondary N) is 3. The SMILES string of the molecule is C[C@@]1(C(=O)N2CCCC2)CC(=O)c2c([nH]c(-c3ccnc(NC(=O)[C@@H]4C[C@@H]4F)c3)c2Nc2ccccc2)C1. The number of likely N-dealkylation sites (tertiary alicyclic amines) is 1. The predicted octanol–water partition coefficient (Wildman–Crippen LogP) is 4.87. The zero-order chi connectivity index (χ0) is 26.4. The molecule has 38 heavy (non-hydrogen) atoms. The van der Waals surface area contributed by atoms with Gasteiger partial charge in [-0.25, -0.2) is 9.37 Å². The van der Waals surface area contributed by atoms with Gasteiger partial charge in [-0.15, -0.1) is 0 Å². The summed E-state index contributed by atoms with van der Waals surface area (Å²) in [6.45, 7) is 3.36. The molecule has 3 N–H and O–H groups in total. The highest BCUT2D eigenvalue weighted by atomic mass is 19.1. The number of aromatic amines is 1. The fourth-order valence-electron chi connectivity index (χ4n) is 5.66. The summed E-state index contributed by atoms with van der Waals surface area (Å²) < 4.78 is 13.4. The van der Waals surface area contributed by atoms with E-state index in [1.54, 1.807) is 18.3 Å². The first-order valence-corrected chi connectivity index (χ1v) is 13.1. The zero-order valence-electron chi connectivity index (χ0n) is 21.2. The van der Waals surface area contributed by atoms with Crippen LogP contribution in [-0.4, -0.2) is 51.7 Å². The Labute approximate surface area is 220 Å². The lowest BCUT2D eigenvalue weighted by Gasteiger charge is -2.35. The van der Waals surface area contributed by atoms with E-state index >= 15 is 0 Å². The summed E-state index contributed by atoms with van der Waals surface area (Å²) in [7, 11) is 0. The highest BCUT2D eigenvalue weighted by Crippen LogP contribution is 2.45. The van der Waals surface area contributed by atoms with Gasteiger partial charge in [-0.05, 0) is 50.5 Å². The molecule has 1 saturated carbocycles. The van der Waals surface area contributed by atoms with Gasteiger partial charge in [0.2, 0.25) is 11.8 Å². The average molecular weight is 516 g/mol. The quantitative estimate of drug-likeness (QED) is 0.434. The molecule has 1 saturated heterocycles. The van der Waals surface area contributed by atoms with E-state index in [9.17, 15) is 18.8 Å². The maximum Gasteiger partial charge on any atom is 0.231 e. The van der Waals surface area contributed by atoms with E-state index in [0.29, 0.717) is 40.4 Å². The van der Waals surface area contributed by atoms with Crippen LogP contribution in [0.4, 0.5) is 21.6 Å². The molecule has 9 heteroatoms. The number of fused-ring (bicyclic) bond motifs is 1. The van der Waals surface area contributed by atoms with Crippen molar-refractivity contribution in [2.24, 2.45) is 11.3 Å². The van der Waals surface area contributed by atoms with Crippen molar-refractivity contribution in [1.82, 2.24) is 14.9 Å². The Hall–Kier alpha value is -4.01. The van der Waals surface area contributed by atoms with Crippen molar-refractivity contribution < 1.29 is 18.8 Å². The van der Waals surface area contributed by atoms with Crippen molar-refractivity contribution in [1.29, 1.82) is 0 Å². The fourth-order valence-corrected chi connectivity index (χ4v) is 5.66. The maximum atomic E-state index is 13.7. The standard InChI is InChI=1S/C29H30FN5O3/c1-29(28(38)35-11-5-6-12-35)15-21-24(22(36)16-29)26(32-18-7-3-2-4-8-18)25(33-21)17-9-10-31-23(13-17)34-27(37)19-14-20(19)30/h2-4,7-10,13,19-20,32-33H,5-6,11-12,14-16H2,1H3,(H,31,34,37)/t19-,20+,29+/m1/s1. The number of hydrogen-bond acceptors (Lipinski definition) is 5. The number of amides is 2. The Bertz CT molecular complexity index is 1410. The molecule has 3 aliphatic rings. The summed E-state index contributed by atoms with van der Waals surface area (Å²) in [5.41, 5.74) is 3.26. The molecule has 8 nitrogen and oxygen atoms in total. The van der Waals surface area contributed by atoms with Crippen molar-refractivity contribution in [3.8, 4) is 11.3 Å². The van der Waals surface area contributed by atoms with Gasteiger partial charge in [-0.1, -0.05) is 18.2 Å². The second kappa shape index (κ2) is 9.38. The minimum atomic E-state index is -1.10. The smallest absolute Gasteiger partial charge is 0.231 e. The molecule has 0 bridgehead atoms. The number of anilines is 3. The van der Waals surface area contributed by atoms with E-state index in [4.69, 9.17) is 0 Å². The number of benzene rings is 1. The maximum absolute atomic E-state index is 13.7. The van der Waals surface area contributed by atoms with Crippen LogP contribution in [-0.2, 0) is 16.0 Å². The van der Waals surface area contributed by atoms with Gasteiger partial charge < -0.3 is 20.5 Å². The summed E-state index contributed by atoms with van der Waals surface area (Å²) in [6, 6.07) is 13.1. The third kappa shape index (κ3) is 4.46. The lowest BCUT2D eigenvalue weighted by Crippen LogP contribution is -2.45. The number of carbonyl (C=O) groups is 3. The molecule has 196 valence electrons. The van der Waals surface area contributed by atoms with Gasteiger partial charge in [0.25, 0.3) is 0 Å². The molecule has 3 heterocycles. The largest absolute Gasteiger partial charge is 0.356 e. The van der Waals surface area contributed by atoms with Gasteiger partial charge >= 0.3 is 0 Å². The average Bonchev–Trinajstić information content (AvgIpc) is 3.27. The molecule has 3 aromatic rings. The summed E-state index contributed by atoms with van der Waals surface area (Å²) >= 11 is 0. The number of para-hydroxylation sites is 1. The predicted molar refractivity (Wildman–Crippen MR) is 142 cm³/mol. The second-order valence-electron chi connectivity index (χ2n) is 10.8. The van der Waals surface area contributed by atoms with Crippen LogP contribution in [0.1, 0.15) is 48.7 Å². The monoisotopic (exact) mass is 515 g/mol. The molecule has 2 aromatic heterocycles. The van der Waals surface area contributed by atoms with Crippen molar-refractivity contribution in [3.63, 3.8) is 0 Å². The van der Waals surface area contributed by atoms with Gasteiger partial charge in [-0.2, -0.15) is 0 Å². The molecule has 3 atom stereocenters. The number of halogens is 1. The van der Waals surface area contributed by atoms with Crippen LogP contribution in [0.5, 0.6) is 0 Å². The number of alkyl halides is 1. The van der Waals surface area contributed by atoms with Crippen molar-refractivity contribution >= 4 is 34.8 Å². The molecule has 2 aliphatic carbocycles. The van der Waals surface area contributed by atoms with E-state index in [1.807, 2.05) is 42.2 Å². The Balaban J connectivity index is 1.38. The van der Waals surface area contributed by atoms with E-state index < -0.39 is 17.5 Å². The summed E-state index contributed by atoms with van der Waals surface area (Å²) in [5, 5.41) is 6.11. The second-order valence-corrected chi connectivity index (χ2v) is 10.8. The number of H-pyrrole nitrogens is 1. The number of pyridine rings is 1. The zero-order valence-corrected chi connectivity index (χ0v) is 21.2. The molecule has 0 radical (unpaired) electrons. The molecule has 0 spiro atoms. The van der Waals surface area contributed by atoms with Crippen LogP contribution >= 0.6 is 0 Å². The van der Waals surface area contributed by atoms with E-state index in [-0.39, 0.29) is 30.4 Å². The third-order valence-corrected chi connectivity index (χ3v) is 7.78. The summed E-state index contributed by atoms with van der Waals surface area (Å²) in [5.74, 6) is -0.764. The lowest BCUT2D eigenvalue weighted by atomic mass is 9.73. The molecule has 0 unspecified atom stereocenters. The number of Topliss-reactive ketones (excluding diaryl/α,β-unsaturated/α-hetero) is 1. The van der Waals surface area contributed by atoms with E-state index in [0.717, 1.165) is 31.6 Å². The number of aromatic nitrogens is 2. The number of hydrogen-bond donors (Lipinski definition) is 3. The summed E-state index contributed by atoms with van der Waals surface area (Å²) in [4.78, 5) is 48.9. The topological polar surface area (TPSA) is 107 Å². The van der Waals surface area contributed by atoms with Gasteiger partial charge in [0.15, 0.2) is 5.78 Å². The molecule has 6 rings (SSSR count). The minimum Gasteiger partial charge on any atom is -0.356 e. The molecular weight excluding hydrogens is 485 g/mol. The number of carbonyl (C=O) groups excluding carboxylic acids is 3. The molecule has 1 aromatic carbocycles. The van der Waals surface area contributed by atoms with Gasteiger partial charge in [0.05, 0.1) is 28.3 Å². The van der Waals surface area contributed by atoms with Crippen molar-refractivity contribution in [2.45, 2.75) is 45.2 Å². The highest BCUT2D eigenvalue weighted by molar-refractivity contribution is 6.10. The van der Waals surface area contributed by atoms with Crippen LogP contribution in [0.3, 0.4) is 0 Å². The van der Waals surface area contributed by atoms with Crippen molar-refractivity contribution in [2.75, 3.05) is 23.7 Å². The molecule has 2 amide bonds. The first-order chi connectivity index (χ1) is 18.3. The first kappa shape index (κ1) is 24.3. The fraction of sp³-hybridized carbons (Fsp3) is 0.379. The van der Waals surface area contributed by atoms with Crippen molar-refractivity contribution in [3.05, 3.63) is 59.9 Å². The van der Waals surface area contributed by atoms with Crippen LogP contribution in [0.25, 0.3) is 11.3 Å². The molecule has 2 fully saturated rings. The lowest BCUT2D eigenvalue weighted by molar-refractivity contribution is -0.140. The molecule has 1 aliphatic heterocycles. The Morgan fingerprint density at radius 1 is 1.13 bits per heavy atom. The molecular formula is C29H30FN5O3. The van der Waals surface area contributed by atoms with E-state index in [1.165, 1.54) is 0 Å². The number of ketones is 1. The first-order valence-electron chi connectivity index (χ1n) is 13.1. The van der Waals surface area contributed by atoms with Gasteiger partial charge in [0.1, 0.15) is 12.0 Å².